The number of ether oxygens (including phenoxy) is 2. The van der Waals surface area contributed by atoms with Crippen LogP contribution in [0.15, 0.2) is 24.3 Å². The molecular formula is C42H81NO8P+. The lowest BCUT2D eigenvalue weighted by Crippen LogP contribution is -2.37. The van der Waals surface area contributed by atoms with Gasteiger partial charge in [-0.1, -0.05) is 147 Å². The lowest BCUT2D eigenvalue weighted by molar-refractivity contribution is -0.870. The Hall–Kier alpha value is -1.51. The summed E-state index contributed by atoms with van der Waals surface area (Å²) >= 11 is 0. The minimum absolute atomic E-state index is 0.0304. The molecule has 0 bridgehead atoms. The smallest absolute Gasteiger partial charge is 0.462 e. The first-order valence-corrected chi connectivity index (χ1v) is 22.6. The zero-order chi connectivity index (χ0) is 38.6. The third kappa shape index (κ3) is 38.2. The van der Waals surface area contributed by atoms with Gasteiger partial charge in [-0.25, -0.2) is 4.57 Å². The van der Waals surface area contributed by atoms with E-state index in [1.54, 1.807) is 0 Å². The van der Waals surface area contributed by atoms with E-state index in [0.29, 0.717) is 17.4 Å². The van der Waals surface area contributed by atoms with Crippen molar-refractivity contribution in [2.75, 3.05) is 47.5 Å². The van der Waals surface area contributed by atoms with Crippen LogP contribution in [0.4, 0.5) is 0 Å². The van der Waals surface area contributed by atoms with Crippen molar-refractivity contribution < 1.29 is 42.1 Å². The zero-order valence-corrected chi connectivity index (χ0v) is 35.2. The Balaban J connectivity index is 4.41. The van der Waals surface area contributed by atoms with Crippen LogP contribution in [0.5, 0.6) is 0 Å². The molecule has 0 heterocycles. The van der Waals surface area contributed by atoms with Crippen LogP contribution in [0.2, 0.25) is 0 Å². The number of carbonyl (C=O) groups excluding carboxylic acids is 2. The summed E-state index contributed by atoms with van der Waals surface area (Å²) in [7, 11) is 1.47. The molecule has 1 unspecified atom stereocenters. The van der Waals surface area contributed by atoms with E-state index in [9.17, 15) is 19.0 Å². The highest BCUT2D eigenvalue weighted by molar-refractivity contribution is 7.47. The monoisotopic (exact) mass is 761 g/mol. The van der Waals surface area contributed by atoms with Gasteiger partial charge in [0.15, 0.2) is 6.10 Å². The van der Waals surface area contributed by atoms with Crippen molar-refractivity contribution in [3.05, 3.63) is 24.3 Å². The third-order valence-electron chi connectivity index (χ3n) is 8.98. The molecule has 0 aromatic heterocycles. The molecule has 0 aliphatic heterocycles. The second kappa shape index (κ2) is 35.2. The number of hydrogen-bond acceptors (Lipinski definition) is 7. The molecule has 0 fully saturated rings. The van der Waals surface area contributed by atoms with E-state index in [4.69, 9.17) is 18.5 Å². The predicted octanol–water partition coefficient (Wildman–Crippen LogP) is 11.6. The quantitative estimate of drug-likeness (QED) is 0.0218. The molecule has 10 heteroatoms. The van der Waals surface area contributed by atoms with E-state index >= 15 is 0 Å². The number of rotatable bonds is 38. The van der Waals surface area contributed by atoms with Gasteiger partial charge in [0.25, 0.3) is 0 Å². The highest BCUT2D eigenvalue weighted by atomic mass is 31.2. The van der Waals surface area contributed by atoms with Gasteiger partial charge in [0.1, 0.15) is 19.8 Å². The number of phosphoric ester groups is 1. The highest BCUT2D eigenvalue weighted by Crippen LogP contribution is 2.43. The number of quaternary nitrogens is 1. The normalized spacial score (nSPS) is 13.9. The molecule has 306 valence electrons. The summed E-state index contributed by atoms with van der Waals surface area (Å²) in [5.74, 6) is -0.810. The lowest BCUT2D eigenvalue weighted by atomic mass is 10.0. The SMILES string of the molecule is CCCCCC=CCC=CCCCCCCCC(=O)O[C@H](CO[14C](=O)CCCCCCCCCCCCCCC)COP(=O)(O)OCC[N+](C)(C)C. The highest BCUT2D eigenvalue weighted by Gasteiger charge is 2.27. The van der Waals surface area contributed by atoms with Crippen LogP contribution in [0.25, 0.3) is 0 Å². The van der Waals surface area contributed by atoms with Gasteiger partial charge in [-0.15, -0.1) is 0 Å². The van der Waals surface area contributed by atoms with Crippen molar-refractivity contribution >= 4 is 19.8 Å². The largest absolute Gasteiger partial charge is 0.472 e. The number of unbranched alkanes of at least 4 members (excludes halogenated alkanes) is 20. The van der Waals surface area contributed by atoms with Gasteiger partial charge in [-0.2, -0.15) is 0 Å². The molecule has 0 radical (unpaired) electrons. The standard InChI is InChI=1S/C42H80NO8P/c1-6-8-10-12-14-16-18-20-21-23-25-27-29-31-33-35-42(45)51-40(39-50-52(46,47)49-37-36-43(3,4)5)38-48-41(44)34-32-30-28-26-24-22-19-17-15-13-11-9-7-2/h14,16,20-21,40H,6-13,15,17-19,22-39H2,1-5H3/p+1/t40-/m1/s1/i41+2. The van der Waals surface area contributed by atoms with Crippen LogP contribution in [-0.2, 0) is 32.7 Å². The molecule has 0 spiro atoms. The zero-order valence-electron chi connectivity index (χ0n) is 34.3. The third-order valence-corrected chi connectivity index (χ3v) is 9.97. The van der Waals surface area contributed by atoms with Crippen molar-refractivity contribution in [1.29, 1.82) is 0 Å². The molecule has 0 saturated heterocycles. The van der Waals surface area contributed by atoms with Crippen molar-refractivity contribution in [3.8, 4) is 0 Å². The first-order chi connectivity index (χ1) is 25.0. The molecule has 0 aliphatic carbocycles. The fourth-order valence-corrected chi connectivity index (χ4v) is 6.37. The van der Waals surface area contributed by atoms with E-state index in [1.165, 1.54) is 89.9 Å². The van der Waals surface area contributed by atoms with Crippen LogP contribution >= 0.6 is 7.82 Å². The summed E-state index contributed by atoms with van der Waals surface area (Å²) in [6, 6.07) is 0. The van der Waals surface area contributed by atoms with E-state index in [-0.39, 0.29) is 32.0 Å². The molecular weight excluding hydrogens is 679 g/mol. The molecule has 0 aliphatic rings. The van der Waals surface area contributed by atoms with Crippen molar-refractivity contribution in [3.63, 3.8) is 0 Å². The number of carbonyl (C=O) groups is 2. The van der Waals surface area contributed by atoms with Crippen LogP contribution in [-0.4, -0.2) is 74.9 Å². The molecule has 0 aromatic carbocycles. The van der Waals surface area contributed by atoms with Gasteiger partial charge in [-0.05, 0) is 44.9 Å². The maximum Gasteiger partial charge on any atom is 0.472 e. The van der Waals surface area contributed by atoms with E-state index in [0.717, 1.165) is 57.8 Å². The van der Waals surface area contributed by atoms with Gasteiger partial charge in [0.05, 0.1) is 27.7 Å². The van der Waals surface area contributed by atoms with Crippen molar-refractivity contribution in [2.45, 2.75) is 187 Å². The molecule has 0 amide bonds. The fraction of sp³-hybridized carbons (Fsp3) is 0.857. The Morgan fingerprint density at radius 1 is 0.673 bits per heavy atom. The fourth-order valence-electron chi connectivity index (χ4n) is 5.63. The van der Waals surface area contributed by atoms with Crippen LogP contribution in [0.1, 0.15) is 181 Å². The average molecular weight is 761 g/mol. The Morgan fingerprint density at radius 2 is 1.15 bits per heavy atom. The van der Waals surface area contributed by atoms with Gasteiger partial charge < -0.3 is 18.9 Å². The topological polar surface area (TPSA) is 108 Å². The summed E-state index contributed by atoms with van der Waals surface area (Å²) in [5, 5.41) is 0. The molecule has 0 rings (SSSR count). The van der Waals surface area contributed by atoms with Crippen LogP contribution in [0, 0.1) is 0 Å². The number of hydrogen-bond donors (Lipinski definition) is 1. The summed E-state index contributed by atoms with van der Waals surface area (Å²) in [6.07, 6.45) is 36.4. The first kappa shape index (κ1) is 50.5. The van der Waals surface area contributed by atoms with Crippen LogP contribution in [0.3, 0.4) is 0 Å². The van der Waals surface area contributed by atoms with Crippen molar-refractivity contribution in [1.82, 2.24) is 0 Å². The first-order valence-electron chi connectivity index (χ1n) is 21.1. The van der Waals surface area contributed by atoms with Gasteiger partial charge in [0, 0.05) is 12.8 Å². The molecule has 9 nitrogen and oxygen atoms in total. The Labute approximate surface area is 319 Å². The number of phosphoric acid groups is 1. The van der Waals surface area contributed by atoms with Gasteiger partial charge in [0.2, 0.25) is 0 Å². The second-order valence-electron chi connectivity index (χ2n) is 15.4. The van der Waals surface area contributed by atoms with E-state index < -0.39 is 26.5 Å². The number of likely N-dealkylation sites (N-methyl/N-ethyl adjacent to an activating group) is 1. The van der Waals surface area contributed by atoms with Gasteiger partial charge >= 0.3 is 19.8 Å². The van der Waals surface area contributed by atoms with Crippen molar-refractivity contribution in [2.24, 2.45) is 0 Å². The number of nitrogens with zero attached hydrogens (tertiary/aromatic N) is 1. The van der Waals surface area contributed by atoms with E-state index in [1.807, 2.05) is 21.1 Å². The Morgan fingerprint density at radius 3 is 1.71 bits per heavy atom. The molecule has 1 N–H and O–H groups in total. The maximum atomic E-state index is 12.6. The maximum absolute atomic E-state index is 12.6. The van der Waals surface area contributed by atoms with Gasteiger partial charge in [-0.3, -0.25) is 18.6 Å². The summed E-state index contributed by atoms with van der Waals surface area (Å²) in [5.41, 5.74) is 0. The van der Waals surface area contributed by atoms with Crippen LogP contribution < -0.4 is 0 Å². The predicted molar refractivity (Wildman–Crippen MR) is 215 cm³/mol. The Bertz CT molecular complexity index is 949. The van der Waals surface area contributed by atoms with E-state index in [2.05, 4.69) is 38.2 Å². The Kier molecular flexibility index (Phi) is 34.2. The summed E-state index contributed by atoms with van der Waals surface area (Å²) in [4.78, 5) is 35.3. The molecule has 0 saturated carbocycles. The lowest BCUT2D eigenvalue weighted by Gasteiger charge is -2.24. The minimum atomic E-state index is -4.37. The minimum Gasteiger partial charge on any atom is -0.462 e. The summed E-state index contributed by atoms with van der Waals surface area (Å²) < 4.78 is 34.2. The summed E-state index contributed by atoms with van der Waals surface area (Å²) in [6.45, 7) is 4.38. The molecule has 2 atom stereocenters. The second-order valence-corrected chi connectivity index (χ2v) is 16.8. The number of allylic oxidation sites excluding steroid dienone is 4. The molecule has 0 aromatic rings. The number of esters is 2. The molecule has 52 heavy (non-hydrogen) atoms. The average Bonchev–Trinajstić information content (AvgIpc) is 3.09.